The van der Waals surface area contributed by atoms with E-state index in [1.54, 1.807) is 0 Å². The highest BCUT2D eigenvalue weighted by atomic mass is 16.5. The van der Waals surface area contributed by atoms with Gasteiger partial charge in [0.15, 0.2) is 0 Å². The van der Waals surface area contributed by atoms with Gasteiger partial charge in [-0.2, -0.15) is 0 Å². The highest BCUT2D eigenvalue weighted by Gasteiger charge is 1.82. The first-order chi connectivity index (χ1) is 5.91. The van der Waals surface area contributed by atoms with E-state index in [-0.39, 0.29) is 0 Å². The number of hydrogen-bond donors (Lipinski definition) is 0. The maximum absolute atomic E-state index is 4.99. The summed E-state index contributed by atoms with van der Waals surface area (Å²) < 4.78 is 4.99. The molecule has 0 atom stereocenters. The Balaban J connectivity index is 2.97. The molecule has 0 saturated carbocycles. The molecule has 12 heavy (non-hydrogen) atoms. The van der Waals surface area contributed by atoms with Crippen LogP contribution in [0.15, 0.2) is 25.0 Å². The molecule has 0 bridgehead atoms. The lowest BCUT2D eigenvalue weighted by molar-refractivity contribution is 0.247. The lowest BCUT2D eigenvalue weighted by Gasteiger charge is -1.96. The fraction of sp³-hybridized carbons (Fsp3) is 0.636. The van der Waals surface area contributed by atoms with Gasteiger partial charge in [-0.3, -0.25) is 0 Å². The van der Waals surface area contributed by atoms with Gasteiger partial charge in [-0.15, -0.1) is 0 Å². The van der Waals surface area contributed by atoms with Crippen molar-refractivity contribution in [2.75, 3.05) is 6.61 Å². The highest BCUT2D eigenvalue weighted by molar-refractivity contribution is 4.81. The normalized spacial score (nSPS) is 10.4. The summed E-state index contributed by atoms with van der Waals surface area (Å²) in [4.78, 5) is 0. The van der Waals surface area contributed by atoms with Crippen molar-refractivity contribution in [3.8, 4) is 0 Å². The highest BCUT2D eigenvalue weighted by Crippen LogP contribution is 1.98. The predicted octanol–water partition coefficient (Wildman–Crippen LogP) is 3.67. The van der Waals surface area contributed by atoms with Gasteiger partial charge in [-0.1, -0.05) is 38.5 Å². The maximum atomic E-state index is 4.99. The van der Waals surface area contributed by atoms with Gasteiger partial charge in [0.1, 0.15) is 0 Å². The SMILES string of the molecule is C=COCCC/C=C/CCCC. The number of hydrogen-bond acceptors (Lipinski definition) is 1. The number of allylic oxidation sites excluding steroid dienone is 2. The van der Waals surface area contributed by atoms with Crippen molar-refractivity contribution in [3.05, 3.63) is 25.0 Å². The average molecular weight is 168 g/mol. The zero-order chi connectivity index (χ0) is 9.07. The minimum atomic E-state index is 0.793. The van der Waals surface area contributed by atoms with Gasteiger partial charge in [0.05, 0.1) is 12.9 Å². The summed E-state index contributed by atoms with van der Waals surface area (Å²) in [5, 5.41) is 0. The summed E-state index contributed by atoms with van der Waals surface area (Å²) in [5.74, 6) is 0. The largest absolute Gasteiger partial charge is 0.502 e. The van der Waals surface area contributed by atoms with Crippen molar-refractivity contribution in [1.82, 2.24) is 0 Å². The van der Waals surface area contributed by atoms with Crippen LogP contribution in [0.1, 0.15) is 39.0 Å². The molecule has 1 nitrogen and oxygen atoms in total. The lowest BCUT2D eigenvalue weighted by atomic mass is 10.2. The summed E-state index contributed by atoms with van der Waals surface area (Å²) in [6.07, 6.45) is 12.0. The molecule has 0 rings (SSSR count). The van der Waals surface area contributed by atoms with E-state index in [2.05, 4.69) is 25.7 Å². The first kappa shape index (κ1) is 11.3. The second kappa shape index (κ2) is 10.3. The first-order valence-electron chi connectivity index (χ1n) is 4.79. The van der Waals surface area contributed by atoms with Gasteiger partial charge >= 0.3 is 0 Å². The Bertz CT molecular complexity index is 116. The summed E-state index contributed by atoms with van der Waals surface area (Å²) in [6, 6.07) is 0. The molecule has 70 valence electrons. The Morgan fingerprint density at radius 2 is 1.83 bits per heavy atom. The summed E-state index contributed by atoms with van der Waals surface area (Å²) in [7, 11) is 0. The van der Waals surface area contributed by atoms with Gasteiger partial charge in [-0.25, -0.2) is 0 Å². The van der Waals surface area contributed by atoms with E-state index in [0.717, 1.165) is 19.4 Å². The third-order valence-corrected chi connectivity index (χ3v) is 1.64. The van der Waals surface area contributed by atoms with E-state index in [9.17, 15) is 0 Å². The first-order valence-corrected chi connectivity index (χ1v) is 4.79. The standard InChI is InChI=1S/C11H20O/c1-3-5-6-7-8-9-10-11-12-4-2/h4,7-8H,2-3,5-6,9-11H2,1H3/b8-7+. The average Bonchev–Trinajstić information content (AvgIpc) is 2.10. The molecule has 0 heterocycles. The molecule has 0 aliphatic rings. The van der Waals surface area contributed by atoms with Crippen molar-refractivity contribution in [2.24, 2.45) is 0 Å². The summed E-state index contributed by atoms with van der Waals surface area (Å²) in [5.41, 5.74) is 0. The Hall–Kier alpha value is -0.720. The number of unbranched alkanes of at least 4 members (excludes halogenated alkanes) is 3. The molecule has 0 aromatic rings. The minimum Gasteiger partial charge on any atom is -0.502 e. The van der Waals surface area contributed by atoms with E-state index >= 15 is 0 Å². The van der Waals surface area contributed by atoms with E-state index in [0.29, 0.717) is 0 Å². The Kier molecular flexibility index (Phi) is 9.66. The van der Waals surface area contributed by atoms with E-state index < -0.39 is 0 Å². The number of rotatable bonds is 8. The molecule has 0 radical (unpaired) electrons. The van der Waals surface area contributed by atoms with Crippen molar-refractivity contribution in [3.63, 3.8) is 0 Å². The van der Waals surface area contributed by atoms with Crippen LogP contribution in [0.5, 0.6) is 0 Å². The molecule has 0 amide bonds. The summed E-state index contributed by atoms with van der Waals surface area (Å²) in [6.45, 7) is 6.49. The van der Waals surface area contributed by atoms with Crippen molar-refractivity contribution in [2.45, 2.75) is 39.0 Å². The maximum Gasteiger partial charge on any atom is 0.0875 e. The topological polar surface area (TPSA) is 9.23 Å². The molecule has 0 aromatic heterocycles. The van der Waals surface area contributed by atoms with Crippen LogP contribution in [-0.2, 0) is 4.74 Å². The molecule has 1 heteroatoms. The minimum absolute atomic E-state index is 0.793. The van der Waals surface area contributed by atoms with Crippen LogP contribution in [0.4, 0.5) is 0 Å². The van der Waals surface area contributed by atoms with Crippen molar-refractivity contribution in [1.29, 1.82) is 0 Å². The molecule has 0 fully saturated rings. The van der Waals surface area contributed by atoms with Crippen LogP contribution in [0.25, 0.3) is 0 Å². The molecule has 0 saturated heterocycles. The Labute approximate surface area is 76.1 Å². The van der Waals surface area contributed by atoms with Crippen molar-refractivity contribution < 1.29 is 4.74 Å². The fourth-order valence-electron chi connectivity index (χ4n) is 0.926. The zero-order valence-corrected chi connectivity index (χ0v) is 8.09. The molecule has 0 aliphatic heterocycles. The van der Waals surface area contributed by atoms with Crippen LogP contribution >= 0.6 is 0 Å². The molecule has 0 aliphatic carbocycles. The van der Waals surface area contributed by atoms with Gasteiger partial charge < -0.3 is 4.74 Å². The zero-order valence-electron chi connectivity index (χ0n) is 8.09. The molecular weight excluding hydrogens is 148 g/mol. The Morgan fingerprint density at radius 3 is 2.42 bits per heavy atom. The van der Waals surface area contributed by atoms with Gasteiger partial charge in [0.25, 0.3) is 0 Å². The van der Waals surface area contributed by atoms with Crippen LogP contribution in [0.3, 0.4) is 0 Å². The smallest absolute Gasteiger partial charge is 0.0875 e. The van der Waals surface area contributed by atoms with Gasteiger partial charge in [0, 0.05) is 0 Å². The summed E-state index contributed by atoms with van der Waals surface area (Å²) >= 11 is 0. The van der Waals surface area contributed by atoms with E-state index in [4.69, 9.17) is 4.74 Å². The van der Waals surface area contributed by atoms with Crippen LogP contribution in [0, 0.1) is 0 Å². The van der Waals surface area contributed by atoms with Crippen LogP contribution in [-0.4, -0.2) is 6.61 Å². The molecule has 0 aromatic carbocycles. The van der Waals surface area contributed by atoms with Crippen LogP contribution in [0.2, 0.25) is 0 Å². The predicted molar refractivity (Wildman–Crippen MR) is 54.0 cm³/mol. The van der Waals surface area contributed by atoms with Crippen LogP contribution < -0.4 is 0 Å². The molecular formula is C11H20O. The molecule has 0 spiro atoms. The molecule has 0 unspecified atom stereocenters. The fourth-order valence-corrected chi connectivity index (χ4v) is 0.926. The monoisotopic (exact) mass is 168 g/mol. The Morgan fingerprint density at radius 1 is 1.17 bits per heavy atom. The third kappa shape index (κ3) is 9.28. The van der Waals surface area contributed by atoms with Gasteiger partial charge in [-0.05, 0) is 19.3 Å². The lowest BCUT2D eigenvalue weighted by Crippen LogP contribution is -1.84. The quantitative estimate of drug-likeness (QED) is 0.305. The third-order valence-electron chi connectivity index (χ3n) is 1.64. The van der Waals surface area contributed by atoms with Crippen molar-refractivity contribution >= 4 is 0 Å². The van der Waals surface area contributed by atoms with E-state index in [1.807, 2.05) is 0 Å². The second-order valence-electron chi connectivity index (χ2n) is 2.79. The van der Waals surface area contributed by atoms with E-state index in [1.165, 1.54) is 25.5 Å². The number of ether oxygens (including phenoxy) is 1. The van der Waals surface area contributed by atoms with Gasteiger partial charge in [0.2, 0.25) is 0 Å². The molecule has 0 N–H and O–H groups in total. The second-order valence-corrected chi connectivity index (χ2v) is 2.79.